The highest BCUT2D eigenvalue weighted by molar-refractivity contribution is 5.98. The number of rotatable bonds is 5. The fourth-order valence-electron chi connectivity index (χ4n) is 1.42. The first-order valence-corrected chi connectivity index (χ1v) is 5.33. The molecule has 0 saturated carbocycles. The molecule has 0 N–H and O–H groups in total. The summed E-state index contributed by atoms with van der Waals surface area (Å²) in [6.45, 7) is 6.81. The van der Waals surface area contributed by atoms with Crippen molar-refractivity contribution in [3.05, 3.63) is 34.9 Å². The van der Waals surface area contributed by atoms with E-state index in [9.17, 15) is 4.79 Å². The molecule has 2 nitrogen and oxygen atoms in total. The third kappa shape index (κ3) is 3.48. The molecule has 0 spiro atoms. The highest BCUT2D eigenvalue weighted by Gasteiger charge is 2.08. The second-order valence-corrected chi connectivity index (χ2v) is 3.79. The second-order valence-electron chi connectivity index (χ2n) is 3.79. The lowest BCUT2D eigenvalue weighted by molar-refractivity contribution is 0.0760. The predicted molar refractivity (Wildman–Crippen MR) is 61.4 cm³/mol. The summed E-state index contributed by atoms with van der Waals surface area (Å²) in [5.41, 5.74) is 2.91. The highest BCUT2D eigenvalue weighted by Crippen LogP contribution is 2.11. The first-order chi connectivity index (χ1) is 7.15. The Balaban J connectivity index is 2.68. The Hall–Kier alpha value is -1.15. The summed E-state index contributed by atoms with van der Waals surface area (Å²) >= 11 is 0. The number of aryl methyl sites for hydroxylation is 2. The number of Topliss-reactive ketones (excluding diaryl/α,β-unsaturated/α-hetero) is 1. The maximum absolute atomic E-state index is 11.8. The van der Waals surface area contributed by atoms with Crippen LogP contribution in [-0.2, 0) is 4.74 Å². The molecule has 0 radical (unpaired) electrons. The van der Waals surface area contributed by atoms with E-state index in [1.807, 2.05) is 39.0 Å². The summed E-state index contributed by atoms with van der Waals surface area (Å²) in [4.78, 5) is 11.8. The maximum atomic E-state index is 11.8. The number of benzene rings is 1. The minimum atomic E-state index is 0.0738. The van der Waals surface area contributed by atoms with Crippen LogP contribution in [0.15, 0.2) is 18.2 Å². The van der Waals surface area contributed by atoms with Crippen LogP contribution in [0.2, 0.25) is 0 Å². The van der Waals surface area contributed by atoms with Crippen LogP contribution in [0, 0.1) is 13.8 Å². The van der Waals surface area contributed by atoms with Gasteiger partial charge in [-0.15, -0.1) is 0 Å². The molecule has 0 aliphatic carbocycles. The van der Waals surface area contributed by atoms with Gasteiger partial charge in [-0.2, -0.15) is 0 Å². The summed E-state index contributed by atoms with van der Waals surface area (Å²) in [6.07, 6.45) is 0.945. The van der Waals surface area contributed by atoms with Crippen LogP contribution in [0.4, 0.5) is 0 Å². The normalized spacial score (nSPS) is 10.3. The zero-order valence-corrected chi connectivity index (χ0v) is 9.67. The molecule has 0 atom stereocenters. The van der Waals surface area contributed by atoms with Crippen molar-refractivity contribution in [3.63, 3.8) is 0 Å². The number of hydrogen-bond donors (Lipinski definition) is 0. The third-order valence-corrected chi connectivity index (χ3v) is 2.28. The van der Waals surface area contributed by atoms with Crippen LogP contribution >= 0.6 is 0 Å². The predicted octanol–water partition coefficient (Wildman–Crippen LogP) is 2.91. The molecule has 1 aromatic rings. The topological polar surface area (TPSA) is 26.3 Å². The van der Waals surface area contributed by atoms with E-state index in [1.54, 1.807) is 0 Å². The molecule has 0 unspecified atom stereocenters. The molecule has 82 valence electrons. The van der Waals surface area contributed by atoms with E-state index in [4.69, 9.17) is 4.74 Å². The van der Waals surface area contributed by atoms with Crippen molar-refractivity contribution >= 4 is 5.78 Å². The lowest BCUT2D eigenvalue weighted by Crippen LogP contribution is -2.11. The zero-order valence-electron chi connectivity index (χ0n) is 9.67. The van der Waals surface area contributed by atoms with Crippen molar-refractivity contribution in [2.45, 2.75) is 27.2 Å². The molecule has 0 amide bonds. The van der Waals surface area contributed by atoms with Gasteiger partial charge in [0.05, 0.1) is 0 Å². The molecular formula is C13H18O2. The van der Waals surface area contributed by atoms with E-state index in [0.717, 1.165) is 23.1 Å². The van der Waals surface area contributed by atoms with Gasteiger partial charge in [-0.1, -0.05) is 24.6 Å². The Bertz CT molecular complexity index is 342. The van der Waals surface area contributed by atoms with Gasteiger partial charge in [-0.05, 0) is 31.9 Å². The van der Waals surface area contributed by atoms with E-state index in [0.29, 0.717) is 6.61 Å². The van der Waals surface area contributed by atoms with Crippen molar-refractivity contribution in [3.8, 4) is 0 Å². The number of ketones is 1. The van der Waals surface area contributed by atoms with Gasteiger partial charge >= 0.3 is 0 Å². The number of carbonyl (C=O) groups is 1. The van der Waals surface area contributed by atoms with Crippen LogP contribution in [0.3, 0.4) is 0 Å². The van der Waals surface area contributed by atoms with Crippen LogP contribution in [0.25, 0.3) is 0 Å². The minimum Gasteiger partial charge on any atom is -0.373 e. The SMILES string of the molecule is CCCOCC(=O)c1cc(C)ccc1C. The average molecular weight is 206 g/mol. The van der Waals surface area contributed by atoms with Crippen molar-refractivity contribution in [1.29, 1.82) is 0 Å². The molecule has 2 heteroatoms. The Labute approximate surface area is 91.3 Å². The van der Waals surface area contributed by atoms with Crippen LogP contribution in [0.1, 0.15) is 34.8 Å². The largest absolute Gasteiger partial charge is 0.373 e. The lowest BCUT2D eigenvalue weighted by atomic mass is 10.0. The van der Waals surface area contributed by atoms with Crippen LogP contribution in [-0.4, -0.2) is 19.0 Å². The van der Waals surface area contributed by atoms with E-state index in [2.05, 4.69) is 0 Å². The molecule has 15 heavy (non-hydrogen) atoms. The molecule has 0 heterocycles. The first-order valence-electron chi connectivity index (χ1n) is 5.33. The van der Waals surface area contributed by atoms with E-state index in [-0.39, 0.29) is 12.4 Å². The number of carbonyl (C=O) groups excluding carboxylic acids is 1. The van der Waals surface area contributed by atoms with Crippen molar-refractivity contribution in [2.24, 2.45) is 0 Å². The monoisotopic (exact) mass is 206 g/mol. The molecule has 0 bridgehead atoms. The first kappa shape index (κ1) is 11.9. The standard InChI is InChI=1S/C13H18O2/c1-4-7-15-9-13(14)12-8-10(2)5-6-11(12)3/h5-6,8H,4,7,9H2,1-3H3. The summed E-state index contributed by atoms with van der Waals surface area (Å²) in [5.74, 6) is 0.0738. The summed E-state index contributed by atoms with van der Waals surface area (Å²) in [6, 6.07) is 5.91. The van der Waals surface area contributed by atoms with Crippen molar-refractivity contribution in [1.82, 2.24) is 0 Å². The van der Waals surface area contributed by atoms with Gasteiger partial charge in [0, 0.05) is 12.2 Å². The number of ether oxygens (including phenoxy) is 1. The Kier molecular flexibility index (Phi) is 4.50. The van der Waals surface area contributed by atoms with E-state index in [1.165, 1.54) is 0 Å². The van der Waals surface area contributed by atoms with Gasteiger partial charge in [0.1, 0.15) is 6.61 Å². The molecule has 0 aromatic heterocycles. The smallest absolute Gasteiger partial charge is 0.188 e. The average Bonchev–Trinajstić information content (AvgIpc) is 2.22. The van der Waals surface area contributed by atoms with Crippen molar-refractivity contribution in [2.75, 3.05) is 13.2 Å². The van der Waals surface area contributed by atoms with E-state index >= 15 is 0 Å². The second kappa shape index (κ2) is 5.66. The maximum Gasteiger partial charge on any atom is 0.188 e. The summed E-state index contributed by atoms with van der Waals surface area (Å²) < 4.78 is 5.24. The lowest BCUT2D eigenvalue weighted by Gasteiger charge is -2.06. The molecule has 0 saturated heterocycles. The summed E-state index contributed by atoms with van der Waals surface area (Å²) in [5, 5.41) is 0. The van der Waals surface area contributed by atoms with Gasteiger partial charge in [-0.3, -0.25) is 4.79 Å². The molecule has 1 aromatic carbocycles. The van der Waals surface area contributed by atoms with Gasteiger partial charge < -0.3 is 4.74 Å². The van der Waals surface area contributed by atoms with Gasteiger partial charge in [-0.25, -0.2) is 0 Å². The Morgan fingerprint density at radius 3 is 2.73 bits per heavy atom. The molecule has 1 rings (SSSR count). The minimum absolute atomic E-state index is 0.0738. The van der Waals surface area contributed by atoms with Crippen LogP contribution in [0.5, 0.6) is 0 Å². The quantitative estimate of drug-likeness (QED) is 0.547. The van der Waals surface area contributed by atoms with Crippen LogP contribution < -0.4 is 0 Å². The third-order valence-electron chi connectivity index (χ3n) is 2.28. The molecule has 0 aliphatic heterocycles. The fourth-order valence-corrected chi connectivity index (χ4v) is 1.42. The molecular weight excluding hydrogens is 188 g/mol. The van der Waals surface area contributed by atoms with Gasteiger partial charge in [0.25, 0.3) is 0 Å². The van der Waals surface area contributed by atoms with Gasteiger partial charge in [0.15, 0.2) is 5.78 Å². The van der Waals surface area contributed by atoms with Crippen molar-refractivity contribution < 1.29 is 9.53 Å². The zero-order chi connectivity index (χ0) is 11.3. The van der Waals surface area contributed by atoms with E-state index < -0.39 is 0 Å². The molecule has 0 fully saturated rings. The number of hydrogen-bond acceptors (Lipinski definition) is 2. The Morgan fingerprint density at radius 1 is 1.33 bits per heavy atom. The highest BCUT2D eigenvalue weighted by atomic mass is 16.5. The Morgan fingerprint density at radius 2 is 2.07 bits per heavy atom. The molecule has 0 aliphatic rings. The summed E-state index contributed by atoms with van der Waals surface area (Å²) in [7, 11) is 0. The van der Waals surface area contributed by atoms with Gasteiger partial charge in [0.2, 0.25) is 0 Å². The fraction of sp³-hybridized carbons (Fsp3) is 0.462.